The van der Waals surface area contributed by atoms with E-state index in [0.717, 1.165) is 5.82 Å². The molecule has 11 heavy (non-hydrogen) atoms. The van der Waals surface area contributed by atoms with E-state index in [1.165, 1.54) is 0 Å². The Balaban J connectivity index is 2.98. The second kappa shape index (κ2) is 2.47. The van der Waals surface area contributed by atoms with E-state index in [0.29, 0.717) is 16.6 Å². The number of nitrogens with zero attached hydrogens (tertiary/aromatic N) is 2. The number of aromatic nitrogens is 2. The molecule has 0 aliphatic rings. The Hall–Kier alpha value is -1.16. The van der Waals surface area contributed by atoms with Gasteiger partial charge in [0.1, 0.15) is 6.20 Å². The van der Waals surface area contributed by atoms with Gasteiger partial charge in [-0.1, -0.05) is 0 Å². The van der Waals surface area contributed by atoms with E-state index in [2.05, 4.69) is 9.97 Å². The number of quaternary nitrogens is 1. The van der Waals surface area contributed by atoms with Crippen molar-refractivity contribution in [3.63, 3.8) is 0 Å². The van der Waals surface area contributed by atoms with Crippen LogP contribution in [0.3, 0.4) is 0 Å². The second-order valence-corrected chi connectivity index (χ2v) is 3.28. The Morgan fingerprint density at radius 1 is 1.55 bits per heavy atom. The van der Waals surface area contributed by atoms with Crippen molar-refractivity contribution in [2.45, 2.75) is 0 Å². The SMILES string of the molecule is C[N+](C)(C)c1cnc(C=O)[nH]1. The van der Waals surface area contributed by atoms with Gasteiger partial charge in [0.2, 0.25) is 5.82 Å². The molecular weight excluding hydrogens is 142 g/mol. The summed E-state index contributed by atoms with van der Waals surface area (Å²) in [6, 6.07) is 0. The fourth-order valence-corrected chi connectivity index (χ4v) is 0.727. The molecule has 0 fully saturated rings. The summed E-state index contributed by atoms with van der Waals surface area (Å²) in [6.07, 6.45) is 2.38. The van der Waals surface area contributed by atoms with Gasteiger partial charge in [-0.05, 0) is 0 Å². The highest BCUT2D eigenvalue weighted by Gasteiger charge is 2.14. The van der Waals surface area contributed by atoms with Gasteiger partial charge in [0, 0.05) is 0 Å². The largest absolute Gasteiger partial charge is 0.294 e. The van der Waals surface area contributed by atoms with E-state index < -0.39 is 0 Å². The lowest BCUT2D eigenvalue weighted by Gasteiger charge is -2.19. The van der Waals surface area contributed by atoms with Crippen LogP contribution < -0.4 is 4.48 Å². The minimum Gasteiger partial charge on any atom is -0.294 e. The molecule has 1 aromatic heterocycles. The maximum Gasteiger partial charge on any atom is 0.225 e. The molecule has 0 aliphatic carbocycles. The Kier molecular flexibility index (Phi) is 1.78. The van der Waals surface area contributed by atoms with E-state index in [-0.39, 0.29) is 0 Å². The number of imidazole rings is 1. The van der Waals surface area contributed by atoms with Crippen LogP contribution in [0.1, 0.15) is 10.6 Å². The number of nitrogens with one attached hydrogen (secondary N) is 1. The third-order valence-corrected chi connectivity index (χ3v) is 1.42. The van der Waals surface area contributed by atoms with E-state index >= 15 is 0 Å². The third kappa shape index (κ3) is 1.65. The van der Waals surface area contributed by atoms with Gasteiger partial charge >= 0.3 is 0 Å². The molecule has 0 amide bonds. The molecule has 0 unspecified atom stereocenters. The van der Waals surface area contributed by atoms with E-state index in [1.807, 2.05) is 21.1 Å². The lowest BCUT2D eigenvalue weighted by molar-refractivity contribution is 0.111. The first kappa shape index (κ1) is 7.94. The number of carbonyl (C=O) groups excluding carboxylic acids is 1. The average molecular weight is 154 g/mol. The van der Waals surface area contributed by atoms with Gasteiger partial charge in [-0.3, -0.25) is 14.3 Å². The Bertz CT molecular complexity index is 259. The van der Waals surface area contributed by atoms with Crippen LogP contribution in [0.15, 0.2) is 6.20 Å². The third-order valence-electron chi connectivity index (χ3n) is 1.42. The molecule has 0 radical (unpaired) electrons. The first-order valence-corrected chi connectivity index (χ1v) is 3.36. The Labute approximate surface area is 65.5 Å². The number of aldehydes is 1. The molecule has 0 atom stereocenters. The minimum absolute atomic E-state index is 0.382. The molecule has 4 nitrogen and oxygen atoms in total. The Morgan fingerprint density at radius 2 is 2.18 bits per heavy atom. The predicted molar refractivity (Wildman–Crippen MR) is 43.5 cm³/mol. The summed E-state index contributed by atoms with van der Waals surface area (Å²) in [5.41, 5.74) is 0. The highest BCUT2D eigenvalue weighted by atomic mass is 16.1. The average Bonchev–Trinajstić information content (AvgIpc) is 2.32. The van der Waals surface area contributed by atoms with Gasteiger partial charge in [-0.15, -0.1) is 0 Å². The van der Waals surface area contributed by atoms with Crippen LogP contribution in [0.2, 0.25) is 0 Å². The smallest absolute Gasteiger partial charge is 0.225 e. The van der Waals surface area contributed by atoms with Crippen molar-refractivity contribution in [2.75, 3.05) is 21.1 Å². The zero-order valence-corrected chi connectivity index (χ0v) is 6.96. The number of hydrogen-bond donors (Lipinski definition) is 1. The molecule has 60 valence electrons. The van der Waals surface area contributed by atoms with E-state index in [1.54, 1.807) is 6.20 Å². The normalized spacial score (nSPS) is 11.5. The zero-order valence-electron chi connectivity index (χ0n) is 6.96. The minimum atomic E-state index is 0.382. The maximum atomic E-state index is 10.2. The number of hydrogen-bond acceptors (Lipinski definition) is 2. The number of aromatic amines is 1. The number of H-pyrrole nitrogens is 1. The van der Waals surface area contributed by atoms with Crippen molar-refractivity contribution in [1.29, 1.82) is 0 Å². The molecule has 0 saturated heterocycles. The quantitative estimate of drug-likeness (QED) is 0.495. The number of carbonyl (C=O) groups is 1. The molecule has 0 bridgehead atoms. The van der Waals surface area contributed by atoms with Crippen LogP contribution in [0.25, 0.3) is 0 Å². The van der Waals surface area contributed by atoms with Crippen molar-refractivity contribution in [1.82, 2.24) is 14.5 Å². The van der Waals surface area contributed by atoms with Crippen molar-refractivity contribution in [3.8, 4) is 0 Å². The van der Waals surface area contributed by atoms with Crippen molar-refractivity contribution < 1.29 is 4.79 Å². The summed E-state index contributed by atoms with van der Waals surface area (Å²) in [5, 5.41) is 0. The molecule has 1 N–H and O–H groups in total. The highest BCUT2D eigenvalue weighted by molar-refractivity contribution is 5.69. The fraction of sp³-hybridized carbons (Fsp3) is 0.429. The van der Waals surface area contributed by atoms with Gasteiger partial charge in [0.15, 0.2) is 12.1 Å². The molecule has 1 heterocycles. The lowest BCUT2D eigenvalue weighted by Crippen LogP contribution is -2.35. The van der Waals surface area contributed by atoms with Gasteiger partial charge in [0.05, 0.1) is 21.1 Å². The molecule has 0 saturated carbocycles. The van der Waals surface area contributed by atoms with Gasteiger partial charge in [-0.2, -0.15) is 0 Å². The molecule has 0 spiro atoms. The summed E-state index contributed by atoms with van der Waals surface area (Å²) in [6.45, 7) is 0. The van der Waals surface area contributed by atoms with Gasteiger partial charge in [0.25, 0.3) is 0 Å². The van der Waals surface area contributed by atoms with E-state index in [4.69, 9.17) is 0 Å². The molecular formula is C7H12N3O+. The summed E-state index contributed by atoms with van der Waals surface area (Å²) in [7, 11) is 6.01. The molecule has 0 aromatic carbocycles. The second-order valence-electron chi connectivity index (χ2n) is 3.28. The van der Waals surface area contributed by atoms with Gasteiger partial charge < -0.3 is 0 Å². The molecule has 1 rings (SSSR count). The van der Waals surface area contributed by atoms with Crippen molar-refractivity contribution in [2.24, 2.45) is 0 Å². The van der Waals surface area contributed by atoms with Crippen LogP contribution in [0.5, 0.6) is 0 Å². The first-order chi connectivity index (χ1) is 5.04. The summed E-state index contributed by atoms with van der Waals surface area (Å²) >= 11 is 0. The monoisotopic (exact) mass is 154 g/mol. The van der Waals surface area contributed by atoms with E-state index in [9.17, 15) is 4.79 Å². The highest BCUT2D eigenvalue weighted by Crippen LogP contribution is 2.11. The van der Waals surface area contributed by atoms with Crippen molar-refractivity contribution >= 4 is 12.1 Å². The van der Waals surface area contributed by atoms with Crippen LogP contribution in [0, 0.1) is 0 Å². The summed E-state index contributed by atoms with van der Waals surface area (Å²) in [5.74, 6) is 1.31. The lowest BCUT2D eigenvalue weighted by atomic mass is 10.6. The zero-order chi connectivity index (χ0) is 8.48. The topological polar surface area (TPSA) is 45.8 Å². The maximum absolute atomic E-state index is 10.2. The summed E-state index contributed by atoms with van der Waals surface area (Å²) < 4.78 is 0.640. The van der Waals surface area contributed by atoms with Crippen molar-refractivity contribution in [3.05, 3.63) is 12.0 Å². The Morgan fingerprint density at radius 3 is 2.45 bits per heavy atom. The summed E-state index contributed by atoms with van der Waals surface area (Å²) in [4.78, 5) is 17.0. The van der Waals surface area contributed by atoms with Crippen LogP contribution in [0.4, 0.5) is 5.82 Å². The molecule has 4 heteroatoms. The number of rotatable bonds is 2. The van der Waals surface area contributed by atoms with Crippen LogP contribution in [-0.2, 0) is 0 Å². The standard InChI is InChI=1S/C7H11N3O/c1-10(2,3)7-4-8-6(5-11)9-7/h4-5H,1-3H3/p+1. The van der Waals surface area contributed by atoms with Crippen LogP contribution >= 0.6 is 0 Å². The predicted octanol–water partition coefficient (Wildman–Crippen LogP) is 0.419. The van der Waals surface area contributed by atoms with Gasteiger partial charge in [-0.25, -0.2) is 4.98 Å². The first-order valence-electron chi connectivity index (χ1n) is 3.36. The fourth-order valence-electron chi connectivity index (χ4n) is 0.727. The van der Waals surface area contributed by atoms with Crippen LogP contribution in [-0.4, -0.2) is 37.4 Å². The molecule has 0 aliphatic heterocycles. The molecule has 1 aromatic rings.